The molecule has 4 rings (SSSR count). The molecular formula is C19H20N4OS. The normalized spacial score (nSPS) is 16.2. The van der Waals surface area contributed by atoms with E-state index in [2.05, 4.69) is 70.2 Å². The minimum Gasteiger partial charge on any atom is -0.396 e. The van der Waals surface area contributed by atoms with E-state index in [1.54, 1.807) is 11.3 Å². The molecule has 0 amide bonds. The van der Waals surface area contributed by atoms with Gasteiger partial charge in [-0.15, -0.1) is 11.3 Å². The number of hydrogen-bond acceptors (Lipinski definition) is 5. The van der Waals surface area contributed by atoms with Crippen LogP contribution in [0.2, 0.25) is 0 Å². The van der Waals surface area contributed by atoms with Crippen molar-refractivity contribution in [2.24, 2.45) is 0 Å². The first-order chi connectivity index (χ1) is 12.2. The molecule has 0 spiro atoms. The average molecular weight is 352 g/mol. The maximum atomic E-state index is 9.07. The van der Waals surface area contributed by atoms with Gasteiger partial charge in [-0.3, -0.25) is 0 Å². The topological polar surface area (TPSA) is 63.0 Å². The number of aryl methyl sites for hydroxylation is 2. The van der Waals surface area contributed by atoms with Crippen LogP contribution in [0.4, 0.5) is 5.95 Å². The number of aromatic nitrogens is 3. The third-order valence-corrected chi connectivity index (χ3v) is 5.18. The Morgan fingerprint density at radius 2 is 2.08 bits per heavy atom. The summed E-state index contributed by atoms with van der Waals surface area (Å²) in [6.07, 6.45) is 3.55. The number of anilines is 1. The zero-order valence-electron chi connectivity index (χ0n) is 14.0. The zero-order valence-corrected chi connectivity index (χ0v) is 14.8. The molecule has 0 saturated carbocycles. The van der Waals surface area contributed by atoms with E-state index in [1.165, 1.54) is 16.0 Å². The third kappa shape index (κ3) is 3.23. The summed E-state index contributed by atoms with van der Waals surface area (Å²) >= 11 is 1.70. The standard InChI is InChI=1S/C19H20N4OS/c1-13-6-8-14(9-7-13)16-12-15(17-4-3-11-25-17)20-19-21-18(5-2-10-24)22-23(16)19/h3-4,6-9,11-12,16,24H,2,5,10H2,1H3,(H,20,21,22)/t16-/m0/s1. The molecule has 1 aliphatic heterocycles. The smallest absolute Gasteiger partial charge is 0.226 e. The number of nitrogens with one attached hydrogen (secondary N) is 1. The number of thiophene rings is 1. The second-order valence-electron chi connectivity index (χ2n) is 6.16. The Hall–Kier alpha value is -2.44. The largest absolute Gasteiger partial charge is 0.396 e. The second-order valence-corrected chi connectivity index (χ2v) is 7.11. The van der Waals surface area contributed by atoms with E-state index in [0.29, 0.717) is 12.8 Å². The predicted molar refractivity (Wildman–Crippen MR) is 101 cm³/mol. The van der Waals surface area contributed by atoms with Crippen LogP contribution in [0.15, 0.2) is 47.9 Å². The Labute approximate surface area is 150 Å². The molecule has 0 radical (unpaired) electrons. The summed E-state index contributed by atoms with van der Waals surface area (Å²) in [7, 11) is 0. The van der Waals surface area contributed by atoms with Crippen LogP contribution in [0.5, 0.6) is 0 Å². The number of rotatable bonds is 5. The number of benzene rings is 1. The van der Waals surface area contributed by atoms with Gasteiger partial charge in [0.1, 0.15) is 6.04 Å². The molecule has 1 aromatic carbocycles. The van der Waals surface area contributed by atoms with Gasteiger partial charge in [-0.2, -0.15) is 10.1 Å². The lowest BCUT2D eigenvalue weighted by Gasteiger charge is -2.23. The van der Waals surface area contributed by atoms with Crippen molar-refractivity contribution < 1.29 is 5.11 Å². The molecule has 0 aliphatic carbocycles. The van der Waals surface area contributed by atoms with Crippen molar-refractivity contribution in [1.82, 2.24) is 14.8 Å². The lowest BCUT2D eigenvalue weighted by molar-refractivity contribution is 0.287. The van der Waals surface area contributed by atoms with Crippen LogP contribution < -0.4 is 5.32 Å². The Kier molecular flexibility index (Phi) is 4.38. The molecule has 128 valence electrons. The second kappa shape index (κ2) is 6.82. The molecule has 3 aromatic rings. The van der Waals surface area contributed by atoms with Crippen LogP contribution in [0.1, 0.15) is 34.3 Å². The number of fused-ring (bicyclic) bond motifs is 1. The molecule has 5 nitrogen and oxygen atoms in total. The number of aliphatic hydroxyl groups is 1. The quantitative estimate of drug-likeness (QED) is 0.736. The first kappa shape index (κ1) is 16.1. The number of allylic oxidation sites excluding steroid dienone is 1. The lowest BCUT2D eigenvalue weighted by atomic mass is 10.0. The molecule has 25 heavy (non-hydrogen) atoms. The molecule has 2 N–H and O–H groups in total. The van der Waals surface area contributed by atoms with Crippen molar-refractivity contribution in [2.75, 3.05) is 11.9 Å². The van der Waals surface area contributed by atoms with Gasteiger partial charge in [0, 0.05) is 13.0 Å². The molecule has 0 bridgehead atoms. The highest BCUT2D eigenvalue weighted by Crippen LogP contribution is 2.34. The summed E-state index contributed by atoms with van der Waals surface area (Å²) in [4.78, 5) is 5.82. The summed E-state index contributed by atoms with van der Waals surface area (Å²) in [6.45, 7) is 2.24. The predicted octanol–water partition coefficient (Wildman–Crippen LogP) is 3.63. The molecule has 0 fully saturated rings. The summed E-state index contributed by atoms with van der Waals surface area (Å²) < 4.78 is 1.94. The molecule has 6 heteroatoms. The molecule has 3 heterocycles. The Bertz CT molecular complexity index is 881. The minimum absolute atomic E-state index is 0.00401. The maximum absolute atomic E-state index is 9.07. The average Bonchev–Trinajstić information content (AvgIpc) is 3.29. The van der Waals surface area contributed by atoms with E-state index < -0.39 is 0 Å². The van der Waals surface area contributed by atoms with Gasteiger partial charge < -0.3 is 10.4 Å². The van der Waals surface area contributed by atoms with Crippen LogP contribution in [-0.2, 0) is 6.42 Å². The van der Waals surface area contributed by atoms with Gasteiger partial charge in [0.25, 0.3) is 0 Å². The fourth-order valence-corrected chi connectivity index (χ4v) is 3.66. The van der Waals surface area contributed by atoms with Crippen molar-refractivity contribution in [2.45, 2.75) is 25.8 Å². The van der Waals surface area contributed by atoms with E-state index in [1.807, 2.05) is 4.68 Å². The highest BCUT2D eigenvalue weighted by atomic mass is 32.1. The number of hydrogen-bond donors (Lipinski definition) is 2. The number of nitrogens with zero attached hydrogens (tertiary/aromatic N) is 3. The molecule has 2 aromatic heterocycles. The van der Waals surface area contributed by atoms with Gasteiger partial charge in [0.2, 0.25) is 5.95 Å². The fourth-order valence-electron chi connectivity index (χ4n) is 2.96. The lowest BCUT2D eigenvalue weighted by Crippen LogP contribution is -2.20. The van der Waals surface area contributed by atoms with Gasteiger partial charge >= 0.3 is 0 Å². The van der Waals surface area contributed by atoms with Crippen molar-refractivity contribution in [3.05, 3.63) is 69.7 Å². The Morgan fingerprint density at radius 1 is 1.24 bits per heavy atom. The molecule has 0 saturated heterocycles. The first-order valence-electron chi connectivity index (χ1n) is 8.40. The van der Waals surface area contributed by atoms with Gasteiger partial charge in [-0.25, -0.2) is 4.68 Å². The van der Waals surface area contributed by atoms with Crippen LogP contribution >= 0.6 is 11.3 Å². The highest BCUT2D eigenvalue weighted by molar-refractivity contribution is 7.11. The summed E-state index contributed by atoms with van der Waals surface area (Å²) in [5.41, 5.74) is 3.48. The first-order valence-corrected chi connectivity index (χ1v) is 9.28. The monoisotopic (exact) mass is 352 g/mol. The van der Waals surface area contributed by atoms with E-state index in [4.69, 9.17) is 5.11 Å². The van der Waals surface area contributed by atoms with Gasteiger partial charge in [0.15, 0.2) is 5.82 Å². The zero-order chi connectivity index (χ0) is 17.2. The summed E-state index contributed by atoms with van der Waals surface area (Å²) in [5.74, 6) is 1.51. The van der Waals surface area contributed by atoms with Crippen molar-refractivity contribution in [1.29, 1.82) is 0 Å². The molecule has 0 unspecified atom stereocenters. The van der Waals surface area contributed by atoms with E-state index in [0.717, 1.165) is 17.5 Å². The van der Waals surface area contributed by atoms with Crippen molar-refractivity contribution in [3.63, 3.8) is 0 Å². The SMILES string of the molecule is Cc1ccc([C@@H]2C=C(c3cccs3)Nc3nc(CCCO)nn32)cc1. The van der Waals surface area contributed by atoms with Gasteiger partial charge in [-0.05, 0) is 36.4 Å². The van der Waals surface area contributed by atoms with E-state index in [9.17, 15) is 0 Å². The molecule has 1 aliphatic rings. The van der Waals surface area contributed by atoms with Gasteiger partial charge in [-0.1, -0.05) is 35.9 Å². The van der Waals surface area contributed by atoms with E-state index in [-0.39, 0.29) is 12.6 Å². The van der Waals surface area contributed by atoms with Crippen LogP contribution in [0.25, 0.3) is 5.70 Å². The Balaban J connectivity index is 1.76. The third-order valence-electron chi connectivity index (χ3n) is 4.27. The van der Waals surface area contributed by atoms with Gasteiger partial charge in [0.05, 0.1) is 10.6 Å². The highest BCUT2D eigenvalue weighted by Gasteiger charge is 2.25. The number of aliphatic hydroxyl groups excluding tert-OH is 1. The van der Waals surface area contributed by atoms with Crippen LogP contribution in [-0.4, -0.2) is 26.5 Å². The molecule has 1 atom stereocenters. The van der Waals surface area contributed by atoms with E-state index >= 15 is 0 Å². The van der Waals surface area contributed by atoms with Crippen LogP contribution in [0.3, 0.4) is 0 Å². The molecular weight excluding hydrogens is 332 g/mol. The Morgan fingerprint density at radius 3 is 2.80 bits per heavy atom. The maximum Gasteiger partial charge on any atom is 0.226 e. The van der Waals surface area contributed by atoms with Crippen molar-refractivity contribution in [3.8, 4) is 0 Å². The van der Waals surface area contributed by atoms with Crippen molar-refractivity contribution >= 4 is 23.0 Å². The summed E-state index contributed by atoms with van der Waals surface area (Å²) in [6, 6.07) is 12.7. The summed E-state index contributed by atoms with van der Waals surface area (Å²) in [5, 5.41) is 19.2. The minimum atomic E-state index is 0.00401. The van der Waals surface area contributed by atoms with Crippen LogP contribution in [0, 0.1) is 6.92 Å². The fraction of sp³-hybridized carbons (Fsp3) is 0.263.